The van der Waals surface area contributed by atoms with E-state index < -0.39 is 0 Å². The van der Waals surface area contributed by atoms with Gasteiger partial charge in [-0.25, -0.2) is 0 Å². The second-order valence-corrected chi connectivity index (χ2v) is 7.41. The van der Waals surface area contributed by atoms with Gasteiger partial charge in [-0.05, 0) is 25.7 Å². The highest BCUT2D eigenvalue weighted by molar-refractivity contribution is 5.88. The van der Waals surface area contributed by atoms with Gasteiger partial charge < -0.3 is 15.5 Å². The molecule has 3 rings (SSSR count). The van der Waals surface area contributed by atoms with E-state index in [2.05, 4.69) is 15.5 Å². The standard InChI is InChI=1S/C18H32N4O2/c23-17(20-9-14-21-12-7-19-8-13-21)15-5-1-2-6-16(15)18(24)22-10-3-4-11-22/h15-16,19H,1-14H2,(H,20,23). The van der Waals surface area contributed by atoms with E-state index >= 15 is 0 Å². The summed E-state index contributed by atoms with van der Waals surface area (Å²) in [6, 6.07) is 0. The van der Waals surface area contributed by atoms with Gasteiger partial charge in [0.2, 0.25) is 11.8 Å². The van der Waals surface area contributed by atoms with Crippen LogP contribution in [0.2, 0.25) is 0 Å². The molecule has 0 aromatic rings. The van der Waals surface area contributed by atoms with Crippen LogP contribution in [0.5, 0.6) is 0 Å². The second-order valence-electron chi connectivity index (χ2n) is 7.41. The maximum atomic E-state index is 12.8. The average Bonchev–Trinajstić information content (AvgIpc) is 3.16. The van der Waals surface area contributed by atoms with Gasteiger partial charge in [0.15, 0.2) is 0 Å². The molecular weight excluding hydrogens is 304 g/mol. The maximum absolute atomic E-state index is 12.8. The first kappa shape index (κ1) is 17.7. The van der Waals surface area contributed by atoms with Crippen molar-refractivity contribution in [1.29, 1.82) is 0 Å². The summed E-state index contributed by atoms with van der Waals surface area (Å²) in [6.45, 7) is 7.53. The van der Waals surface area contributed by atoms with E-state index in [-0.39, 0.29) is 23.7 Å². The van der Waals surface area contributed by atoms with Crippen LogP contribution in [0.3, 0.4) is 0 Å². The fourth-order valence-electron chi connectivity index (χ4n) is 4.32. The predicted molar refractivity (Wildman–Crippen MR) is 93.6 cm³/mol. The van der Waals surface area contributed by atoms with Crippen molar-refractivity contribution in [2.75, 3.05) is 52.4 Å². The summed E-state index contributed by atoms with van der Waals surface area (Å²) in [5.41, 5.74) is 0. The Hall–Kier alpha value is -1.14. The van der Waals surface area contributed by atoms with Crippen LogP contribution in [-0.2, 0) is 9.59 Å². The largest absolute Gasteiger partial charge is 0.355 e. The predicted octanol–water partition coefficient (Wildman–Crippen LogP) is 0.437. The number of amides is 2. The van der Waals surface area contributed by atoms with Crippen molar-refractivity contribution < 1.29 is 9.59 Å². The van der Waals surface area contributed by atoms with Crippen LogP contribution < -0.4 is 10.6 Å². The zero-order valence-electron chi connectivity index (χ0n) is 14.8. The Bertz CT molecular complexity index is 431. The first-order valence-corrected chi connectivity index (χ1v) is 9.75. The summed E-state index contributed by atoms with van der Waals surface area (Å²) < 4.78 is 0. The maximum Gasteiger partial charge on any atom is 0.226 e. The van der Waals surface area contributed by atoms with Gasteiger partial charge in [-0.1, -0.05) is 12.8 Å². The number of nitrogens with one attached hydrogen (secondary N) is 2. The van der Waals surface area contributed by atoms with Crippen LogP contribution in [-0.4, -0.2) is 74.0 Å². The van der Waals surface area contributed by atoms with E-state index in [9.17, 15) is 9.59 Å². The molecule has 136 valence electrons. The molecule has 0 aromatic carbocycles. The molecule has 2 N–H and O–H groups in total. The number of hydrogen-bond donors (Lipinski definition) is 2. The average molecular weight is 336 g/mol. The monoisotopic (exact) mass is 336 g/mol. The van der Waals surface area contributed by atoms with Gasteiger partial charge in [-0.15, -0.1) is 0 Å². The summed E-state index contributed by atoms with van der Waals surface area (Å²) in [5, 5.41) is 6.44. The minimum Gasteiger partial charge on any atom is -0.355 e. The van der Waals surface area contributed by atoms with Gasteiger partial charge in [-0.3, -0.25) is 14.5 Å². The lowest BCUT2D eigenvalue weighted by Crippen LogP contribution is -2.48. The lowest BCUT2D eigenvalue weighted by Gasteiger charge is -2.33. The molecule has 0 aromatic heterocycles. The van der Waals surface area contributed by atoms with E-state index in [0.29, 0.717) is 6.54 Å². The smallest absolute Gasteiger partial charge is 0.226 e. The van der Waals surface area contributed by atoms with Gasteiger partial charge in [-0.2, -0.15) is 0 Å². The number of carbonyl (C=O) groups excluding carboxylic acids is 2. The van der Waals surface area contributed by atoms with Crippen LogP contribution in [0.1, 0.15) is 38.5 Å². The molecule has 1 aliphatic carbocycles. The van der Waals surface area contributed by atoms with Gasteiger partial charge in [0, 0.05) is 64.2 Å². The summed E-state index contributed by atoms with van der Waals surface area (Å²) in [5.74, 6) is 0.128. The van der Waals surface area contributed by atoms with Gasteiger partial charge in [0.25, 0.3) is 0 Å². The third kappa shape index (κ3) is 4.48. The molecule has 0 bridgehead atoms. The molecule has 2 aliphatic heterocycles. The molecule has 3 aliphatic rings. The molecule has 0 radical (unpaired) electrons. The molecule has 24 heavy (non-hydrogen) atoms. The molecule has 2 amide bonds. The Morgan fingerprint density at radius 3 is 2.29 bits per heavy atom. The Labute approximate surface area is 145 Å². The molecule has 3 fully saturated rings. The lowest BCUT2D eigenvalue weighted by molar-refractivity contribution is -0.142. The topological polar surface area (TPSA) is 64.7 Å². The van der Waals surface area contributed by atoms with Crippen molar-refractivity contribution in [1.82, 2.24) is 20.4 Å². The SMILES string of the molecule is O=C(NCCN1CCNCC1)C1CCCCC1C(=O)N1CCCC1. The number of piperazine rings is 1. The normalized spacial score (nSPS) is 28.8. The number of nitrogens with zero attached hydrogens (tertiary/aromatic N) is 2. The van der Waals surface area contributed by atoms with E-state index in [1.54, 1.807) is 0 Å². The fourth-order valence-corrected chi connectivity index (χ4v) is 4.32. The molecule has 2 heterocycles. The molecule has 2 unspecified atom stereocenters. The third-order valence-electron chi connectivity index (χ3n) is 5.77. The first-order chi connectivity index (χ1) is 11.8. The summed E-state index contributed by atoms with van der Waals surface area (Å²) in [4.78, 5) is 29.8. The summed E-state index contributed by atoms with van der Waals surface area (Å²) in [7, 11) is 0. The summed E-state index contributed by atoms with van der Waals surface area (Å²) >= 11 is 0. The van der Waals surface area contributed by atoms with E-state index in [0.717, 1.165) is 84.3 Å². The van der Waals surface area contributed by atoms with Crippen LogP contribution >= 0.6 is 0 Å². The highest BCUT2D eigenvalue weighted by atomic mass is 16.2. The number of hydrogen-bond acceptors (Lipinski definition) is 4. The highest BCUT2D eigenvalue weighted by Gasteiger charge is 2.38. The van der Waals surface area contributed by atoms with Crippen LogP contribution in [0.4, 0.5) is 0 Å². The van der Waals surface area contributed by atoms with Gasteiger partial charge >= 0.3 is 0 Å². The summed E-state index contributed by atoms with van der Waals surface area (Å²) in [6.07, 6.45) is 6.11. The van der Waals surface area contributed by atoms with Crippen molar-refractivity contribution in [3.63, 3.8) is 0 Å². The van der Waals surface area contributed by atoms with Crippen LogP contribution in [0.25, 0.3) is 0 Å². The third-order valence-corrected chi connectivity index (χ3v) is 5.77. The first-order valence-electron chi connectivity index (χ1n) is 9.75. The van der Waals surface area contributed by atoms with E-state index in [1.165, 1.54) is 0 Å². The Morgan fingerprint density at radius 2 is 1.58 bits per heavy atom. The Balaban J connectivity index is 1.48. The van der Waals surface area contributed by atoms with E-state index in [4.69, 9.17) is 0 Å². The van der Waals surface area contributed by atoms with Crippen molar-refractivity contribution >= 4 is 11.8 Å². The number of likely N-dealkylation sites (tertiary alicyclic amines) is 1. The second kappa shape index (κ2) is 8.81. The van der Waals surface area contributed by atoms with Crippen molar-refractivity contribution in [3.05, 3.63) is 0 Å². The zero-order valence-corrected chi connectivity index (χ0v) is 14.8. The van der Waals surface area contributed by atoms with Crippen molar-refractivity contribution in [2.45, 2.75) is 38.5 Å². The zero-order chi connectivity index (χ0) is 16.8. The van der Waals surface area contributed by atoms with Gasteiger partial charge in [0.05, 0.1) is 0 Å². The molecule has 6 nitrogen and oxygen atoms in total. The molecule has 2 atom stereocenters. The molecule has 2 saturated heterocycles. The molecule has 0 spiro atoms. The molecular formula is C18H32N4O2. The Kier molecular flexibility index (Phi) is 6.49. The quantitative estimate of drug-likeness (QED) is 0.764. The fraction of sp³-hybridized carbons (Fsp3) is 0.889. The van der Waals surface area contributed by atoms with Gasteiger partial charge in [0.1, 0.15) is 0 Å². The lowest BCUT2D eigenvalue weighted by atomic mass is 9.78. The molecule has 1 saturated carbocycles. The highest BCUT2D eigenvalue weighted by Crippen LogP contribution is 2.32. The number of carbonyl (C=O) groups is 2. The number of rotatable bonds is 5. The molecule has 6 heteroatoms. The van der Waals surface area contributed by atoms with Crippen molar-refractivity contribution in [2.24, 2.45) is 11.8 Å². The minimum absolute atomic E-state index is 0.0870. The Morgan fingerprint density at radius 1 is 0.917 bits per heavy atom. The van der Waals surface area contributed by atoms with E-state index in [1.807, 2.05) is 4.90 Å². The minimum atomic E-state index is -0.116. The van der Waals surface area contributed by atoms with Crippen LogP contribution in [0.15, 0.2) is 0 Å². The van der Waals surface area contributed by atoms with Crippen LogP contribution in [0, 0.1) is 11.8 Å². The van der Waals surface area contributed by atoms with Crippen molar-refractivity contribution in [3.8, 4) is 0 Å².